The van der Waals surface area contributed by atoms with Crippen molar-refractivity contribution in [1.82, 2.24) is 4.90 Å². The molecule has 0 N–H and O–H groups in total. The summed E-state index contributed by atoms with van der Waals surface area (Å²) in [7, 11) is 0. The van der Waals surface area contributed by atoms with Crippen LogP contribution in [0.25, 0.3) is 0 Å². The Labute approximate surface area is 130 Å². The third-order valence-electron chi connectivity index (χ3n) is 5.61. The number of hydrogen-bond donors (Lipinski definition) is 0. The van der Waals surface area contributed by atoms with E-state index in [1.807, 2.05) is 0 Å². The van der Waals surface area contributed by atoms with Crippen LogP contribution in [0.15, 0.2) is 0 Å². The second-order valence-corrected chi connectivity index (χ2v) is 7.28. The minimum Gasteiger partial charge on any atom is -0.381 e. The summed E-state index contributed by atoms with van der Waals surface area (Å²) in [6.45, 7) is 11.6. The smallest absolute Gasteiger partial charge is 0.226 e. The fraction of sp³-hybridized carbons (Fsp3) is 0.944. The first-order valence-electron chi connectivity index (χ1n) is 8.96. The number of carbonyl (C=O) groups is 1. The highest BCUT2D eigenvalue weighted by molar-refractivity contribution is 5.80. The molecule has 0 aliphatic carbocycles. The van der Waals surface area contributed by atoms with Crippen molar-refractivity contribution in [2.24, 2.45) is 23.7 Å². The predicted octanol–water partition coefficient (Wildman–Crippen LogP) is 3.72. The molecule has 1 amide bonds. The van der Waals surface area contributed by atoms with Crippen molar-refractivity contribution >= 4 is 5.91 Å². The van der Waals surface area contributed by atoms with Gasteiger partial charge in [0.05, 0.1) is 0 Å². The highest BCUT2D eigenvalue weighted by Crippen LogP contribution is 2.35. The van der Waals surface area contributed by atoms with Crippen LogP contribution in [0.1, 0.15) is 59.8 Å². The molecule has 3 heteroatoms. The summed E-state index contributed by atoms with van der Waals surface area (Å²) < 4.78 is 5.49. The Balaban J connectivity index is 2.10. The van der Waals surface area contributed by atoms with Gasteiger partial charge in [0.15, 0.2) is 0 Å². The molecule has 2 heterocycles. The van der Waals surface area contributed by atoms with Crippen molar-refractivity contribution in [2.75, 3.05) is 19.8 Å². The first kappa shape index (κ1) is 16.8. The monoisotopic (exact) mass is 295 g/mol. The van der Waals surface area contributed by atoms with Crippen LogP contribution in [0.4, 0.5) is 0 Å². The first-order valence-corrected chi connectivity index (χ1v) is 8.96. The van der Waals surface area contributed by atoms with Gasteiger partial charge in [-0.3, -0.25) is 4.79 Å². The number of rotatable bonds is 5. The van der Waals surface area contributed by atoms with Crippen molar-refractivity contribution in [3.8, 4) is 0 Å². The standard InChI is InChI=1S/C18H33NO2/c1-5-14-11-16(6-2)19(12-14)18(20)17(13(3)4)15-7-9-21-10-8-15/h13-17H,5-12H2,1-4H3/t14?,16-,17?/m1/s1. The van der Waals surface area contributed by atoms with Crippen LogP contribution in [-0.4, -0.2) is 36.6 Å². The predicted molar refractivity (Wildman–Crippen MR) is 86.1 cm³/mol. The number of amides is 1. The summed E-state index contributed by atoms with van der Waals surface area (Å²) in [5.41, 5.74) is 0. The van der Waals surface area contributed by atoms with E-state index in [0.29, 0.717) is 29.7 Å². The van der Waals surface area contributed by atoms with E-state index in [1.54, 1.807) is 0 Å². The minimum absolute atomic E-state index is 0.193. The normalized spacial score (nSPS) is 29.1. The Morgan fingerprint density at radius 2 is 1.86 bits per heavy atom. The molecule has 0 aromatic heterocycles. The summed E-state index contributed by atoms with van der Waals surface area (Å²) in [5, 5.41) is 0. The first-order chi connectivity index (χ1) is 10.1. The van der Waals surface area contributed by atoms with Gasteiger partial charge in [-0.05, 0) is 43.4 Å². The maximum Gasteiger partial charge on any atom is 0.226 e. The fourth-order valence-electron chi connectivity index (χ4n) is 4.26. The van der Waals surface area contributed by atoms with Crippen LogP contribution < -0.4 is 0 Å². The van der Waals surface area contributed by atoms with E-state index >= 15 is 0 Å². The lowest BCUT2D eigenvalue weighted by Gasteiger charge is -2.36. The summed E-state index contributed by atoms with van der Waals surface area (Å²) >= 11 is 0. The zero-order chi connectivity index (χ0) is 15.4. The van der Waals surface area contributed by atoms with Crippen LogP contribution in [0.2, 0.25) is 0 Å². The second kappa shape index (κ2) is 7.62. The third-order valence-corrected chi connectivity index (χ3v) is 5.61. The number of hydrogen-bond acceptors (Lipinski definition) is 2. The molecule has 2 aliphatic rings. The maximum absolute atomic E-state index is 13.2. The van der Waals surface area contributed by atoms with E-state index in [2.05, 4.69) is 32.6 Å². The Bertz CT molecular complexity index is 336. The molecule has 2 unspecified atom stereocenters. The number of likely N-dealkylation sites (tertiary alicyclic amines) is 1. The number of ether oxygens (including phenoxy) is 1. The lowest BCUT2D eigenvalue weighted by molar-refractivity contribution is -0.141. The molecule has 3 atom stereocenters. The molecule has 0 aromatic carbocycles. The van der Waals surface area contributed by atoms with Gasteiger partial charge in [-0.2, -0.15) is 0 Å². The maximum atomic E-state index is 13.2. The molecule has 2 fully saturated rings. The van der Waals surface area contributed by atoms with E-state index in [1.165, 1.54) is 12.8 Å². The topological polar surface area (TPSA) is 29.5 Å². The molecule has 0 spiro atoms. The van der Waals surface area contributed by atoms with E-state index in [-0.39, 0.29) is 5.92 Å². The van der Waals surface area contributed by atoms with Crippen molar-refractivity contribution in [1.29, 1.82) is 0 Å². The van der Waals surface area contributed by atoms with Gasteiger partial charge in [0.25, 0.3) is 0 Å². The van der Waals surface area contributed by atoms with Crippen LogP contribution in [0.5, 0.6) is 0 Å². The summed E-state index contributed by atoms with van der Waals surface area (Å²) in [6.07, 6.45) is 5.61. The van der Waals surface area contributed by atoms with Crippen molar-refractivity contribution in [3.05, 3.63) is 0 Å². The molecular formula is C18H33NO2. The van der Waals surface area contributed by atoms with Gasteiger partial charge in [0, 0.05) is 31.7 Å². The molecule has 21 heavy (non-hydrogen) atoms. The van der Waals surface area contributed by atoms with E-state index in [9.17, 15) is 4.79 Å². The van der Waals surface area contributed by atoms with E-state index in [4.69, 9.17) is 4.74 Å². The zero-order valence-corrected chi connectivity index (χ0v) is 14.3. The minimum atomic E-state index is 0.193. The zero-order valence-electron chi connectivity index (χ0n) is 14.3. The molecule has 0 aromatic rings. The summed E-state index contributed by atoms with van der Waals surface area (Å²) in [5.74, 6) is 2.28. The Hall–Kier alpha value is -0.570. The highest BCUT2D eigenvalue weighted by atomic mass is 16.5. The largest absolute Gasteiger partial charge is 0.381 e. The van der Waals surface area contributed by atoms with Gasteiger partial charge in [-0.15, -0.1) is 0 Å². The summed E-state index contributed by atoms with van der Waals surface area (Å²) in [4.78, 5) is 15.4. The van der Waals surface area contributed by atoms with Gasteiger partial charge >= 0.3 is 0 Å². The fourth-order valence-corrected chi connectivity index (χ4v) is 4.26. The van der Waals surface area contributed by atoms with E-state index < -0.39 is 0 Å². The Morgan fingerprint density at radius 1 is 1.19 bits per heavy atom. The van der Waals surface area contributed by atoms with Crippen molar-refractivity contribution in [2.45, 2.75) is 65.8 Å². The lowest BCUT2D eigenvalue weighted by Crippen LogP contribution is -2.45. The van der Waals surface area contributed by atoms with Gasteiger partial charge in [0.2, 0.25) is 5.91 Å². The average Bonchev–Trinajstić information content (AvgIpc) is 2.91. The molecule has 2 aliphatic heterocycles. The van der Waals surface area contributed by atoms with Crippen LogP contribution >= 0.6 is 0 Å². The number of carbonyl (C=O) groups excluding carboxylic acids is 1. The lowest BCUT2D eigenvalue weighted by atomic mass is 9.78. The van der Waals surface area contributed by atoms with Crippen LogP contribution in [0.3, 0.4) is 0 Å². The van der Waals surface area contributed by atoms with Crippen molar-refractivity contribution in [3.63, 3.8) is 0 Å². The SMILES string of the molecule is CCC1C[C@@H](CC)N(C(=O)C(C(C)C)C2CCOCC2)C1. The Kier molecular flexibility index (Phi) is 6.09. The quantitative estimate of drug-likeness (QED) is 0.773. The molecule has 0 bridgehead atoms. The van der Waals surface area contributed by atoms with Gasteiger partial charge in [-0.25, -0.2) is 0 Å². The molecule has 0 saturated carbocycles. The molecule has 0 radical (unpaired) electrons. The van der Waals surface area contributed by atoms with Gasteiger partial charge in [0.1, 0.15) is 0 Å². The molecule has 2 rings (SSSR count). The van der Waals surface area contributed by atoms with Gasteiger partial charge in [-0.1, -0.05) is 34.1 Å². The molecule has 3 nitrogen and oxygen atoms in total. The highest BCUT2D eigenvalue weighted by Gasteiger charge is 2.40. The molecule has 2 saturated heterocycles. The van der Waals surface area contributed by atoms with Crippen LogP contribution in [-0.2, 0) is 9.53 Å². The number of nitrogens with zero attached hydrogens (tertiary/aromatic N) is 1. The van der Waals surface area contributed by atoms with Crippen molar-refractivity contribution < 1.29 is 9.53 Å². The molecule has 122 valence electrons. The Morgan fingerprint density at radius 3 is 2.38 bits per heavy atom. The summed E-state index contributed by atoms with van der Waals surface area (Å²) in [6, 6.07) is 0.476. The van der Waals surface area contributed by atoms with Crippen LogP contribution in [0, 0.1) is 23.7 Å². The second-order valence-electron chi connectivity index (χ2n) is 7.28. The van der Waals surface area contributed by atoms with Gasteiger partial charge < -0.3 is 9.64 Å². The average molecular weight is 295 g/mol. The van der Waals surface area contributed by atoms with E-state index in [0.717, 1.165) is 39.0 Å². The molecular weight excluding hydrogens is 262 g/mol. The third kappa shape index (κ3) is 3.80.